The second kappa shape index (κ2) is 8.15. The molecular formula is C20H21N3O2. The van der Waals surface area contributed by atoms with Gasteiger partial charge in [-0.25, -0.2) is 0 Å². The highest BCUT2D eigenvalue weighted by Gasteiger charge is 2.25. The SMILES string of the molecule is O=C(Cc1ccccc1)Nc1cc(C2CC2)[nH]n1.Oc1ccccc1. The van der Waals surface area contributed by atoms with Crippen molar-refractivity contribution in [1.29, 1.82) is 0 Å². The number of nitrogens with zero attached hydrogens (tertiary/aromatic N) is 1. The van der Waals surface area contributed by atoms with E-state index in [1.807, 2.05) is 42.5 Å². The maximum atomic E-state index is 11.8. The second-order valence-electron chi connectivity index (χ2n) is 6.03. The Balaban J connectivity index is 0.000000219. The number of aromatic amines is 1. The summed E-state index contributed by atoms with van der Waals surface area (Å²) in [7, 11) is 0. The van der Waals surface area contributed by atoms with E-state index < -0.39 is 0 Å². The molecule has 3 N–H and O–H groups in total. The molecule has 1 aliphatic rings. The number of amides is 1. The zero-order chi connectivity index (χ0) is 17.5. The van der Waals surface area contributed by atoms with Crippen LogP contribution in [0.5, 0.6) is 5.75 Å². The molecule has 0 atom stereocenters. The third-order valence-corrected chi connectivity index (χ3v) is 3.85. The van der Waals surface area contributed by atoms with Crippen LogP contribution in [-0.2, 0) is 11.2 Å². The fourth-order valence-corrected chi connectivity index (χ4v) is 2.40. The third kappa shape index (κ3) is 5.49. The Labute approximate surface area is 146 Å². The lowest BCUT2D eigenvalue weighted by atomic mass is 10.1. The molecule has 128 valence electrons. The van der Waals surface area contributed by atoms with Crippen molar-refractivity contribution in [2.75, 3.05) is 5.32 Å². The molecule has 4 rings (SSSR count). The Morgan fingerprint density at radius 1 is 1.08 bits per heavy atom. The Morgan fingerprint density at radius 2 is 1.72 bits per heavy atom. The summed E-state index contributed by atoms with van der Waals surface area (Å²) in [6.07, 6.45) is 2.83. The van der Waals surface area contributed by atoms with E-state index in [1.54, 1.807) is 24.3 Å². The molecule has 0 aliphatic heterocycles. The van der Waals surface area contributed by atoms with Crippen molar-refractivity contribution in [3.63, 3.8) is 0 Å². The van der Waals surface area contributed by atoms with Gasteiger partial charge in [-0.3, -0.25) is 9.89 Å². The van der Waals surface area contributed by atoms with Gasteiger partial charge >= 0.3 is 0 Å². The molecule has 2 aromatic carbocycles. The monoisotopic (exact) mass is 335 g/mol. The van der Waals surface area contributed by atoms with Crippen molar-refractivity contribution in [2.45, 2.75) is 25.2 Å². The maximum absolute atomic E-state index is 11.8. The van der Waals surface area contributed by atoms with E-state index in [0.717, 1.165) is 11.3 Å². The Bertz CT molecular complexity index is 796. The van der Waals surface area contributed by atoms with E-state index in [0.29, 0.717) is 23.9 Å². The number of para-hydroxylation sites is 1. The summed E-state index contributed by atoms with van der Waals surface area (Å²) in [5.41, 5.74) is 2.14. The lowest BCUT2D eigenvalue weighted by Gasteiger charge is -2.01. The molecule has 0 bridgehead atoms. The van der Waals surface area contributed by atoms with Gasteiger partial charge in [0.2, 0.25) is 5.91 Å². The average molecular weight is 335 g/mol. The van der Waals surface area contributed by atoms with Crippen molar-refractivity contribution in [1.82, 2.24) is 10.2 Å². The van der Waals surface area contributed by atoms with E-state index >= 15 is 0 Å². The zero-order valence-electron chi connectivity index (χ0n) is 13.9. The summed E-state index contributed by atoms with van der Waals surface area (Å²) in [6, 6.07) is 20.3. The van der Waals surface area contributed by atoms with Crippen molar-refractivity contribution in [3.8, 4) is 5.75 Å². The normalized spacial score (nSPS) is 12.8. The third-order valence-electron chi connectivity index (χ3n) is 3.85. The number of aromatic nitrogens is 2. The smallest absolute Gasteiger partial charge is 0.229 e. The van der Waals surface area contributed by atoms with Gasteiger partial charge in [-0.2, -0.15) is 5.10 Å². The Morgan fingerprint density at radius 3 is 2.28 bits per heavy atom. The maximum Gasteiger partial charge on any atom is 0.229 e. The van der Waals surface area contributed by atoms with Crippen molar-refractivity contribution in [3.05, 3.63) is 78.0 Å². The Hall–Kier alpha value is -3.08. The minimum Gasteiger partial charge on any atom is -0.508 e. The minimum absolute atomic E-state index is 0.0324. The number of hydrogen-bond donors (Lipinski definition) is 3. The van der Waals surface area contributed by atoms with Gasteiger partial charge in [0.1, 0.15) is 5.75 Å². The quantitative estimate of drug-likeness (QED) is 0.677. The summed E-state index contributed by atoms with van der Waals surface area (Å²) in [5.74, 6) is 1.53. The highest BCUT2D eigenvalue weighted by atomic mass is 16.3. The van der Waals surface area contributed by atoms with Crippen LogP contribution < -0.4 is 5.32 Å². The molecule has 0 radical (unpaired) electrons. The summed E-state index contributed by atoms with van der Waals surface area (Å²) < 4.78 is 0. The molecule has 0 unspecified atom stereocenters. The number of hydrogen-bond acceptors (Lipinski definition) is 3. The van der Waals surface area contributed by atoms with Gasteiger partial charge < -0.3 is 10.4 Å². The van der Waals surface area contributed by atoms with Gasteiger partial charge in [-0.1, -0.05) is 48.5 Å². The number of nitrogens with one attached hydrogen (secondary N) is 2. The van der Waals surface area contributed by atoms with Crippen molar-refractivity contribution in [2.24, 2.45) is 0 Å². The molecule has 1 heterocycles. The van der Waals surface area contributed by atoms with E-state index in [9.17, 15) is 4.79 Å². The molecule has 5 heteroatoms. The number of benzene rings is 2. The van der Waals surface area contributed by atoms with E-state index in [2.05, 4.69) is 15.5 Å². The summed E-state index contributed by atoms with van der Waals surface area (Å²) in [6.45, 7) is 0. The average Bonchev–Trinajstić information content (AvgIpc) is 3.37. The molecule has 1 fully saturated rings. The van der Waals surface area contributed by atoms with Gasteiger partial charge in [0.15, 0.2) is 5.82 Å². The van der Waals surface area contributed by atoms with Crippen molar-refractivity contribution >= 4 is 11.7 Å². The number of anilines is 1. The van der Waals surface area contributed by atoms with Gasteiger partial charge in [-0.05, 0) is 30.5 Å². The van der Waals surface area contributed by atoms with E-state index in [-0.39, 0.29) is 5.91 Å². The van der Waals surface area contributed by atoms with Crippen LogP contribution in [0.2, 0.25) is 0 Å². The van der Waals surface area contributed by atoms with Crippen LogP contribution in [-0.4, -0.2) is 21.2 Å². The van der Waals surface area contributed by atoms with Gasteiger partial charge in [0.25, 0.3) is 0 Å². The second-order valence-corrected chi connectivity index (χ2v) is 6.03. The van der Waals surface area contributed by atoms with Gasteiger partial charge in [0, 0.05) is 17.7 Å². The van der Waals surface area contributed by atoms with E-state index in [1.165, 1.54) is 12.8 Å². The summed E-state index contributed by atoms with van der Waals surface area (Å²) >= 11 is 0. The molecule has 1 aromatic heterocycles. The number of aromatic hydroxyl groups is 1. The molecule has 1 saturated carbocycles. The number of carbonyl (C=O) groups is 1. The first-order chi connectivity index (χ1) is 12.2. The van der Waals surface area contributed by atoms with Crippen LogP contribution in [0, 0.1) is 0 Å². The molecule has 1 aliphatic carbocycles. The molecule has 0 spiro atoms. The molecule has 1 amide bonds. The zero-order valence-corrected chi connectivity index (χ0v) is 13.9. The van der Waals surface area contributed by atoms with Crippen LogP contribution >= 0.6 is 0 Å². The first-order valence-electron chi connectivity index (χ1n) is 8.34. The van der Waals surface area contributed by atoms with Crippen LogP contribution in [0.15, 0.2) is 66.7 Å². The number of H-pyrrole nitrogens is 1. The molecule has 5 nitrogen and oxygen atoms in total. The number of phenolic OH excluding ortho intramolecular Hbond substituents is 1. The molecule has 3 aromatic rings. The van der Waals surface area contributed by atoms with Crippen LogP contribution in [0.3, 0.4) is 0 Å². The van der Waals surface area contributed by atoms with Crippen LogP contribution in [0.4, 0.5) is 5.82 Å². The molecule has 25 heavy (non-hydrogen) atoms. The first kappa shape index (κ1) is 16.8. The lowest BCUT2D eigenvalue weighted by molar-refractivity contribution is -0.115. The fourth-order valence-electron chi connectivity index (χ4n) is 2.40. The number of phenols is 1. The van der Waals surface area contributed by atoms with Crippen LogP contribution in [0.1, 0.15) is 30.0 Å². The predicted molar refractivity (Wildman–Crippen MR) is 97.4 cm³/mol. The molecule has 0 saturated heterocycles. The predicted octanol–water partition coefficient (Wildman–Crippen LogP) is 3.86. The van der Waals surface area contributed by atoms with Gasteiger partial charge in [0.05, 0.1) is 6.42 Å². The summed E-state index contributed by atoms with van der Waals surface area (Å²) in [4.78, 5) is 11.8. The highest BCUT2D eigenvalue weighted by molar-refractivity contribution is 5.91. The Kier molecular flexibility index (Phi) is 5.46. The largest absolute Gasteiger partial charge is 0.508 e. The standard InChI is InChI=1S/C14H15N3O.C6H6O/c18-14(8-10-4-2-1-3-5-10)15-13-9-12(16-17-13)11-6-7-11;7-6-4-2-1-3-5-6/h1-5,9,11H,6-8H2,(H2,15,16,17,18);1-5,7H. The topological polar surface area (TPSA) is 78.0 Å². The number of rotatable bonds is 4. The van der Waals surface area contributed by atoms with Crippen molar-refractivity contribution < 1.29 is 9.90 Å². The van der Waals surface area contributed by atoms with Gasteiger partial charge in [-0.15, -0.1) is 0 Å². The minimum atomic E-state index is -0.0324. The lowest BCUT2D eigenvalue weighted by Crippen LogP contribution is -2.14. The van der Waals surface area contributed by atoms with E-state index in [4.69, 9.17) is 5.11 Å². The fraction of sp³-hybridized carbons (Fsp3) is 0.200. The summed E-state index contributed by atoms with van der Waals surface area (Å²) in [5, 5.41) is 18.5. The first-order valence-corrected chi connectivity index (χ1v) is 8.34. The van der Waals surface area contributed by atoms with Crippen LogP contribution in [0.25, 0.3) is 0 Å². The molecular weight excluding hydrogens is 314 g/mol. The number of carbonyl (C=O) groups excluding carboxylic acids is 1. The highest BCUT2D eigenvalue weighted by Crippen LogP contribution is 2.39.